The Kier molecular flexibility index (Phi) is 6.31. The summed E-state index contributed by atoms with van der Waals surface area (Å²) in [5.74, 6) is 0. The summed E-state index contributed by atoms with van der Waals surface area (Å²) in [4.78, 5) is 0. The Labute approximate surface area is 122 Å². The SMILES string of the molecule is CCNC(c1cccc(Cl)c1)C(OCC)C(C)(C)C. The molecule has 0 aliphatic carbocycles. The zero-order chi connectivity index (χ0) is 14.5. The lowest BCUT2D eigenvalue weighted by Gasteiger charge is -2.37. The van der Waals surface area contributed by atoms with Gasteiger partial charge in [0.15, 0.2) is 0 Å². The van der Waals surface area contributed by atoms with Gasteiger partial charge in [-0.05, 0) is 36.6 Å². The molecule has 0 aromatic heterocycles. The second kappa shape index (κ2) is 7.28. The topological polar surface area (TPSA) is 21.3 Å². The first-order chi connectivity index (χ1) is 8.90. The average molecular weight is 284 g/mol. The minimum absolute atomic E-state index is 0.0607. The number of hydrogen-bond acceptors (Lipinski definition) is 2. The smallest absolute Gasteiger partial charge is 0.0817 e. The molecule has 3 heteroatoms. The summed E-state index contributed by atoms with van der Waals surface area (Å²) in [6.07, 6.45) is 0.107. The van der Waals surface area contributed by atoms with Gasteiger partial charge in [0.05, 0.1) is 12.1 Å². The van der Waals surface area contributed by atoms with E-state index >= 15 is 0 Å². The zero-order valence-electron chi connectivity index (χ0n) is 12.7. The highest BCUT2D eigenvalue weighted by Gasteiger charge is 2.33. The second-order valence-electron chi connectivity index (χ2n) is 5.83. The van der Waals surface area contributed by atoms with Crippen LogP contribution in [0.2, 0.25) is 5.02 Å². The maximum absolute atomic E-state index is 6.12. The van der Waals surface area contributed by atoms with E-state index in [1.54, 1.807) is 0 Å². The molecule has 0 saturated heterocycles. The first-order valence-corrected chi connectivity index (χ1v) is 7.38. The van der Waals surface area contributed by atoms with Crippen molar-refractivity contribution in [2.24, 2.45) is 5.41 Å². The van der Waals surface area contributed by atoms with Crippen LogP contribution in [-0.2, 0) is 4.74 Å². The molecule has 2 nitrogen and oxygen atoms in total. The van der Waals surface area contributed by atoms with Gasteiger partial charge in [0, 0.05) is 11.6 Å². The van der Waals surface area contributed by atoms with Crippen LogP contribution in [0.1, 0.15) is 46.2 Å². The summed E-state index contributed by atoms with van der Waals surface area (Å²) < 4.78 is 6.01. The van der Waals surface area contributed by atoms with Crippen molar-refractivity contribution in [2.75, 3.05) is 13.2 Å². The Bertz CT molecular complexity index is 387. The normalized spacial score (nSPS) is 15.3. The van der Waals surface area contributed by atoms with E-state index in [1.165, 1.54) is 5.56 Å². The zero-order valence-corrected chi connectivity index (χ0v) is 13.4. The largest absolute Gasteiger partial charge is 0.376 e. The van der Waals surface area contributed by atoms with Gasteiger partial charge < -0.3 is 10.1 Å². The molecule has 0 bridgehead atoms. The van der Waals surface area contributed by atoms with Crippen molar-refractivity contribution in [1.82, 2.24) is 5.32 Å². The van der Waals surface area contributed by atoms with Gasteiger partial charge in [0.1, 0.15) is 0 Å². The van der Waals surface area contributed by atoms with E-state index < -0.39 is 0 Å². The molecule has 108 valence electrons. The number of ether oxygens (including phenoxy) is 1. The van der Waals surface area contributed by atoms with E-state index in [0.717, 1.165) is 11.6 Å². The highest BCUT2D eigenvalue weighted by molar-refractivity contribution is 6.30. The van der Waals surface area contributed by atoms with E-state index in [2.05, 4.69) is 39.1 Å². The molecule has 0 amide bonds. The van der Waals surface area contributed by atoms with E-state index in [-0.39, 0.29) is 17.6 Å². The summed E-state index contributed by atoms with van der Waals surface area (Å²) in [5.41, 5.74) is 1.24. The summed E-state index contributed by atoms with van der Waals surface area (Å²) in [5, 5.41) is 4.30. The third-order valence-corrected chi connectivity index (χ3v) is 3.37. The van der Waals surface area contributed by atoms with Crippen LogP contribution in [0.25, 0.3) is 0 Å². The van der Waals surface area contributed by atoms with Crippen molar-refractivity contribution in [1.29, 1.82) is 0 Å². The summed E-state index contributed by atoms with van der Waals surface area (Å²) in [6.45, 7) is 12.4. The first-order valence-electron chi connectivity index (χ1n) is 7.00. The summed E-state index contributed by atoms with van der Waals surface area (Å²) in [7, 11) is 0. The van der Waals surface area contributed by atoms with Gasteiger partial charge in [-0.2, -0.15) is 0 Å². The van der Waals surface area contributed by atoms with Crippen molar-refractivity contribution in [3.05, 3.63) is 34.9 Å². The van der Waals surface area contributed by atoms with Gasteiger partial charge >= 0.3 is 0 Å². The molecule has 0 fully saturated rings. The van der Waals surface area contributed by atoms with Gasteiger partial charge in [-0.1, -0.05) is 51.4 Å². The van der Waals surface area contributed by atoms with Crippen LogP contribution >= 0.6 is 11.6 Å². The van der Waals surface area contributed by atoms with E-state index in [9.17, 15) is 0 Å². The van der Waals surface area contributed by atoms with Crippen LogP contribution in [-0.4, -0.2) is 19.3 Å². The van der Waals surface area contributed by atoms with Crippen LogP contribution < -0.4 is 5.32 Å². The molecule has 1 aromatic carbocycles. The molecule has 2 unspecified atom stereocenters. The van der Waals surface area contributed by atoms with Gasteiger partial charge in [-0.15, -0.1) is 0 Å². The molecular weight excluding hydrogens is 258 g/mol. The van der Waals surface area contributed by atoms with Crippen LogP contribution in [0.15, 0.2) is 24.3 Å². The van der Waals surface area contributed by atoms with Gasteiger partial charge in [-0.3, -0.25) is 0 Å². The Morgan fingerprint density at radius 3 is 2.42 bits per heavy atom. The quantitative estimate of drug-likeness (QED) is 0.833. The molecule has 19 heavy (non-hydrogen) atoms. The lowest BCUT2D eigenvalue weighted by Crippen LogP contribution is -2.42. The number of rotatable bonds is 6. The molecule has 0 aliphatic heterocycles. The third-order valence-electron chi connectivity index (χ3n) is 3.13. The van der Waals surface area contributed by atoms with Crippen LogP contribution in [0, 0.1) is 5.41 Å². The number of nitrogens with one attached hydrogen (secondary N) is 1. The number of halogens is 1. The maximum Gasteiger partial charge on any atom is 0.0817 e. The molecule has 1 rings (SSSR count). The third kappa shape index (κ3) is 4.79. The fourth-order valence-electron chi connectivity index (χ4n) is 2.35. The highest BCUT2D eigenvalue weighted by Crippen LogP contribution is 2.33. The lowest BCUT2D eigenvalue weighted by atomic mass is 9.82. The Morgan fingerprint density at radius 2 is 1.95 bits per heavy atom. The Hall–Kier alpha value is -0.570. The van der Waals surface area contributed by atoms with Gasteiger partial charge in [0.2, 0.25) is 0 Å². The molecule has 0 heterocycles. The van der Waals surface area contributed by atoms with E-state index in [1.807, 2.05) is 25.1 Å². The van der Waals surface area contributed by atoms with E-state index in [4.69, 9.17) is 16.3 Å². The molecule has 1 aromatic rings. The van der Waals surface area contributed by atoms with Gasteiger partial charge in [-0.25, -0.2) is 0 Å². The van der Waals surface area contributed by atoms with Crippen molar-refractivity contribution in [2.45, 2.75) is 46.8 Å². The summed E-state index contributed by atoms with van der Waals surface area (Å²) >= 11 is 6.12. The molecular formula is C16H26ClNO. The van der Waals surface area contributed by atoms with Crippen molar-refractivity contribution in [3.63, 3.8) is 0 Å². The first kappa shape index (κ1) is 16.5. The molecule has 0 saturated carbocycles. The maximum atomic E-state index is 6.12. The minimum Gasteiger partial charge on any atom is -0.376 e. The predicted molar refractivity (Wildman–Crippen MR) is 82.7 cm³/mol. The number of likely N-dealkylation sites (N-methyl/N-ethyl adjacent to an activating group) is 1. The number of benzene rings is 1. The lowest BCUT2D eigenvalue weighted by molar-refractivity contribution is -0.0362. The van der Waals surface area contributed by atoms with Crippen molar-refractivity contribution in [3.8, 4) is 0 Å². The molecule has 0 spiro atoms. The minimum atomic E-state index is 0.0607. The molecule has 2 atom stereocenters. The fraction of sp³-hybridized carbons (Fsp3) is 0.625. The summed E-state index contributed by atoms with van der Waals surface area (Å²) in [6, 6.07) is 8.18. The standard InChI is InChI=1S/C16H26ClNO/c1-6-18-14(12-9-8-10-13(17)11-12)15(19-7-2)16(3,4)5/h8-11,14-15,18H,6-7H2,1-5H3. The highest BCUT2D eigenvalue weighted by atomic mass is 35.5. The second-order valence-corrected chi connectivity index (χ2v) is 6.27. The average Bonchev–Trinajstić information content (AvgIpc) is 2.32. The number of hydrogen-bond donors (Lipinski definition) is 1. The molecule has 0 radical (unpaired) electrons. The van der Waals surface area contributed by atoms with Crippen molar-refractivity contribution < 1.29 is 4.74 Å². The van der Waals surface area contributed by atoms with Crippen LogP contribution in [0.5, 0.6) is 0 Å². The molecule has 1 N–H and O–H groups in total. The monoisotopic (exact) mass is 283 g/mol. The predicted octanol–water partition coefficient (Wildman–Crippen LogP) is 4.44. The van der Waals surface area contributed by atoms with Gasteiger partial charge in [0.25, 0.3) is 0 Å². The Balaban J connectivity index is 3.09. The molecule has 0 aliphatic rings. The fourth-order valence-corrected chi connectivity index (χ4v) is 2.54. The van der Waals surface area contributed by atoms with Crippen LogP contribution in [0.3, 0.4) is 0 Å². The van der Waals surface area contributed by atoms with E-state index in [0.29, 0.717) is 6.61 Å². The van der Waals surface area contributed by atoms with Crippen molar-refractivity contribution >= 4 is 11.6 Å². The van der Waals surface area contributed by atoms with Crippen LogP contribution in [0.4, 0.5) is 0 Å². The Morgan fingerprint density at radius 1 is 1.26 bits per heavy atom.